The van der Waals surface area contributed by atoms with Gasteiger partial charge in [0.1, 0.15) is 5.75 Å². The van der Waals surface area contributed by atoms with E-state index >= 15 is 0 Å². The van der Waals surface area contributed by atoms with Crippen LogP contribution in [0.15, 0.2) is 12.1 Å². The average molecular weight is 260 g/mol. The van der Waals surface area contributed by atoms with E-state index in [4.69, 9.17) is 16.3 Å². The van der Waals surface area contributed by atoms with Crippen molar-refractivity contribution in [2.45, 2.75) is 13.3 Å². The van der Waals surface area contributed by atoms with E-state index in [1.54, 1.807) is 7.11 Å². The molecule has 16 heavy (non-hydrogen) atoms. The van der Waals surface area contributed by atoms with Crippen molar-refractivity contribution in [2.75, 3.05) is 26.6 Å². The molecule has 0 unspecified atom stereocenters. The highest BCUT2D eigenvalue weighted by Gasteiger charge is 2.08. The van der Waals surface area contributed by atoms with Crippen molar-refractivity contribution in [1.82, 2.24) is 4.90 Å². The van der Waals surface area contributed by atoms with Crippen molar-refractivity contribution < 1.29 is 4.74 Å². The lowest BCUT2D eigenvalue weighted by atomic mass is 10.1. The Morgan fingerprint density at radius 1 is 1.44 bits per heavy atom. The topological polar surface area (TPSA) is 12.5 Å². The summed E-state index contributed by atoms with van der Waals surface area (Å²) in [7, 11) is 3.74. The fraction of sp³-hybridized carbons (Fsp3) is 0.500. The number of thiol groups is 1. The summed E-state index contributed by atoms with van der Waals surface area (Å²) in [6.07, 6.45) is 0.918. The van der Waals surface area contributed by atoms with Gasteiger partial charge in [0.05, 0.1) is 7.11 Å². The second kappa shape index (κ2) is 6.38. The molecule has 0 heterocycles. The van der Waals surface area contributed by atoms with Crippen molar-refractivity contribution in [3.63, 3.8) is 0 Å². The number of methoxy groups -OCH3 is 1. The van der Waals surface area contributed by atoms with Gasteiger partial charge in [0.2, 0.25) is 0 Å². The summed E-state index contributed by atoms with van der Waals surface area (Å²) >= 11 is 10.3. The molecule has 0 aliphatic rings. The molecule has 0 saturated carbocycles. The molecule has 1 aromatic carbocycles. The monoisotopic (exact) mass is 259 g/mol. The molecular weight excluding hydrogens is 242 g/mol. The molecule has 1 rings (SSSR count). The number of nitrogens with zero attached hydrogens (tertiary/aromatic N) is 1. The lowest BCUT2D eigenvalue weighted by Crippen LogP contribution is -2.19. The Kier molecular flexibility index (Phi) is 5.46. The van der Waals surface area contributed by atoms with E-state index in [-0.39, 0.29) is 0 Å². The number of hydrogen-bond acceptors (Lipinski definition) is 3. The summed E-state index contributed by atoms with van der Waals surface area (Å²) in [6.45, 7) is 2.95. The first-order chi connectivity index (χ1) is 7.58. The Hall–Kier alpha value is -0.380. The van der Waals surface area contributed by atoms with Gasteiger partial charge in [0.15, 0.2) is 0 Å². The summed E-state index contributed by atoms with van der Waals surface area (Å²) in [5.41, 5.74) is 2.24. The number of benzene rings is 1. The van der Waals surface area contributed by atoms with Gasteiger partial charge in [0, 0.05) is 17.4 Å². The lowest BCUT2D eigenvalue weighted by molar-refractivity contribution is 0.383. The number of rotatable bonds is 5. The van der Waals surface area contributed by atoms with E-state index < -0.39 is 0 Å². The van der Waals surface area contributed by atoms with Crippen molar-refractivity contribution in [1.29, 1.82) is 0 Å². The predicted octanol–water partition coefficient (Wildman–Crippen LogP) is 3.02. The van der Waals surface area contributed by atoms with Gasteiger partial charge in [0.25, 0.3) is 0 Å². The third-order valence-corrected chi connectivity index (χ3v) is 3.23. The van der Waals surface area contributed by atoms with E-state index in [9.17, 15) is 0 Å². The smallest absolute Gasteiger partial charge is 0.125 e. The maximum atomic E-state index is 6.04. The first-order valence-corrected chi connectivity index (χ1v) is 6.22. The van der Waals surface area contributed by atoms with Crippen LogP contribution < -0.4 is 4.74 Å². The molecule has 2 nitrogen and oxygen atoms in total. The molecule has 0 aromatic heterocycles. The highest BCUT2D eigenvalue weighted by atomic mass is 35.5. The predicted molar refractivity (Wildman–Crippen MR) is 72.9 cm³/mol. The van der Waals surface area contributed by atoms with E-state index in [0.717, 1.165) is 40.7 Å². The number of likely N-dealkylation sites (N-methyl/N-ethyl adjacent to an activating group) is 1. The SMILES string of the molecule is COc1c(C)cc(Cl)cc1CCN(C)CS. The van der Waals surface area contributed by atoms with Gasteiger partial charge in [-0.25, -0.2) is 0 Å². The van der Waals surface area contributed by atoms with Gasteiger partial charge in [-0.05, 0) is 43.7 Å². The molecule has 0 aliphatic carbocycles. The van der Waals surface area contributed by atoms with Crippen molar-refractivity contribution in [3.05, 3.63) is 28.3 Å². The molecule has 90 valence electrons. The van der Waals surface area contributed by atoms with E-state index in [1.807, 2.05) is 26.1 Å². The third-order valence-electron chi connectivity index (χ3n) is 2.52. The molecule has 0 bridgehead atoms. The number of aryl methyl sites for hydroxylation is 1. The zero-order valence-electron chi connectivity index (χ0n) is 9.96. The van der Waals surface area contributed by atoms with E-state index in [2.05, 4.69) is 17.5 Å². The molecule has 0 N–H and O–H groups in total. The summed E-state index contributed by atoms with van der Waals surface area (Å²) in [4.78, 5) is 2.14. The minimum absolute atomic E-state index is 0.752. The second-order valence-corrected chi connectivity index (χ2v) is 4.61. The molecule has 1 aromatic rings. The fourth-order valence-electron chi connectivity index (χ4n) is 1.66. The van der Waals surface area contributed by atoms with Gasteiger partial charge < -0.3 is 4.74 Å². The van der Waals surface area contributed by atoms with Gasteiger partial charge in [-0.15, -0.1) is 0 Å². The third kappa shape index (κ3) is 3.58. The Balaban J connectivity index is 2.85. The Morgan fingerprint density at radius 3 is 2.69 bits per heavy atom. The average Bonchev–Trinajstić information content (AvgIpc) is 2.25. The minimum atomic E-state index is 0.752. The van der Waals surface area contributed by atoms with Crippen molar-refractivity contribution in [3.8, 4) is 5.75 Å². The van der Waals surface area contributed by atoms with Crippen molar-refractivity contribution >= 4 is 24.2 Å². The Morgan fingerprint density at radius 2 is 2.12 bits per heavy atom. The fourth-order valence-corrected chi connectivity index (χ4v) is 2.10. The van der Waals surface area contributed by atoms with Crippen LogP contribution in [0.3, 0.4) is 0 Å². The molecule has 0 fully saturated rings. The van der Waals surface area contributed by atoms with Crippen LogP contribution in [-0.2, 0) is 6.42 Å². The second-order valence-electron chi connectivity index (χ2n) is 3.89. The van der Waals surface area contributed by atoms with Crippen LogP contribution in [-0.4, -0.2) is 31.5 Å². The van der Waals surface area contributed by atoms with E-state index in [0.29, 0.717) is 0 Å². The van der Waals surface area contributed by atoms with Crippen molar-refractivity contribution in [2.24, 2.45) is 0 Å². The van der Waals surface area contributed by atoms with Gasteiger partial charge in [-0.3, -0.25) is 4.90 Å². The Labute approximate surface area is 108 Å². The maximum Gasteiger partial charge on any atom is 0.125 e. The lowest BCUT2D eigenvalue weighted by Gasteiger charge is -2.16. The summed E-state index contributed by atoms with van der Waals surface area (Å²) in [5, 5.41) is 0.766. The summed E-state index contributed by atoms with van der Waals surface area (Å²) in [6, 6.07) is 3.89. The molecule has 4 heteroatoms. The summed E-state index contributed by atoms with van der Waals surface area (Å²) < 4.78 is 5.40. The molecule has 0 aliphatic heterocycles. The molecule has 0 amide bonds. The molecular formula is C12H18ClNOS. The van der Waals surface area contributed by atoms with Gasteiger partial charge in [-0.1, -0.05) is 11.6 Å². The van der Waals surface area contributed by atoms with Crippen LogP contribution in [0.25, 0.3) is 0 Å². The molecule has 0 spiro atoms. The number of ether oxygens (including phenoxy) is 1. The number of hydrogen-bond donors (Lipinski definition) is 1. The molecule has 0 saturated heterocycles. The van der Waals surface area contributed by atoms with Gasteiger partial charge >= 0.3 is 0 Å². The zero-order valence-corrected chi connectivity index (χ0v) is 11.6. The van der Waals surface area contributed by atoms with Crippen LogP contribution in [0.5, 0.6) is 5.75 Å². The number of halogens is 1. The Bertz CT molecular complexity index is 357. The van der Waals surface area contributed by atoms with Crippen LogP contribution in [0.1, 0.15) is 11.1 Å². The first-order valence-electron chi connectivity index (χ1n) is 5.21. The van der Waals surface area contributed by atoms with Crippen LogP contribution in [0.4, 0.5) is 0 Å². The minimum Gasteiger partial charge on any atom is -0.496 e. The molecule has 0 atom stereocenters. The van der Waals surface area contributed by atoms with Crippen LogP contribution in [0, 0.1) is 6.92 Å². The highest BCUT2D eigenvalue weighted by molar-refractivity contribution is 7.80. The zero-order chi connectivity index (χ0) is 12.1. The largest absolute Gasteiger partial charge is 0.496 e. The van der Waals surface area contributed by atoms with Crippen LogP contribution in [0.2, 0.25) is 5.02 Å². The van der Waals surface area contributed by atoms with Gasteiger partial charge in [-0.2, -0.15) is 12.6 Å². The maximum absolute atomic E-state index is 6.04. The highest BCUT2D eigenvalue weighted by Crippen LogP contribution is 2.27. The van der Waals surface area contributed by atoms with E-state index in [1.165, 1.54) is 0 Å². The molecule has 0 radical (unpaired) electrons. The normalized spacial score (nSPS) is 10.9. The first kappa shape index (κ1) is 13.7. The van der Waals surface area contributed by atoms with Crippen LogP contribution >= 0.6 is 24.2 Å². The quantitative estimate of drug-likeness (QED) is 0.645. The summed E-state index contributed by atoms with van der Waals surface area (Å²) in [5.74, 6) is 1.69. The standard InChI is InChI=1S/C12H18ClNOS/c1-9-6-11(13)7-10(12(9)15-3)4-5-14(2)8-16/h6-7,16H,4-5,8H2,1-3H3.